The lowest BCUT2D eigenvalue weighted by atomic mass is 9.77. The first-order chi connectivity index (χ1) is 12.0. The monoisotopic (exact) mass is 355 g/mol. The first-order valence-electron chi connectivity index (χ1n) is 8.63. The van der Waals surface area contributed by atoms with Gasteiger partial charge in [-0.05, 0) is 42.5 Å². The summed E-state index contributed by atoms with van der Waals surface area (Å²) in [7, 11) is 0. The zero-order valence-corrected chi connectivity index (χ0v) is 15.1. The average Bonchev–Trinajstić information content (AvgIpc) is 2.60. The molecule has 2 aromatic rings. The van der Waals surface area contributed by atoms with Gasteiger partial charge in [-0.3, -0.25) is 9.59 Å². The van der Waals surface area contributed by atoms with Crippen LogP contribution < -0.4 is 5.32 Å². The van der Waals surface area contributed by atoms with Crippen molar-refractivity contribution in [1.82, 2.24) is 5.32 Å². The van der Waals surface area contributed by atoms with E-state index in [0.29, 0.717) is 18.0 Å². The fraction of sp³-hybridized carbons (Fsp3) is 0.333. The van der Waals surface area contributed by atoms with Crippen molar-refractivity contribution in [2.24, 2.45) is 5.92 Å². The van der Waals surface area contributed by atoms with Gasteiger partial charge in [-0.25, -0.2) is 0 Å². The maximum Gasteiger partial charge on any atom is 0.224 e. The van der Waals surface area contributed by atoms with Crippen molar-refractivity contribution in [3.8, 4) is 0 Å². The second kappa shape index (κ2) is 7.83. The fourth-order valence-corrected chi connectivity index (χ4v) is 3.59. The standard InChI is InChI=1S/C21H22ClNO2/c1-14-2-6-16(7-3-14)19-10-11-23-21(25)20(19)13-18(24)12-15-4-8-17(22)9-5-15/h2-9,19-20H,10-13H2,1H3,(H,23,25)/t19-,20?/m0/s1. The number of hydrogen-bond donors (Lipinski definition) is 1. The summed E-state index contributed by atoms with van der Waals surface area (Å²) < 4.78 is 0. The molecule has 3 nitrogen and oxygen atoms in total. The van der Waals surface area contributed by atoms with E-state index in [1.54, 1.807) is 12.1 Å². The lowest BCUT2D eigenvalue weighted by Crippen LogP contribution is -2.42. The van der Waals surface area contributed by atoms with Crippen LogP contribution in [0.2, 0.25) is 5.02 Å². The molecule has 1 heterocycles. The van der Waals surface area contributed by atoms with Crippen LogP contribution in [0.4, 0.5) is 0 Å². The number of rotatable bonds is 5. The summed E-state index contributed by atoms with van der Waals surface area (Å²) >= 11 is 5.88. The zero-order valence-electron chi connectivity index (χ0n) is 14.3. The molecule has 1 amide bonds. The van der Waals surface area contributed by atoms with E-state index in [-0.39, 0.29) is 29.9 Å². The second-order valence-electron chi connectivity index (χ2n) is 6.75. The summed E-state index contributed by atoms with van der Waals surface area (Å²) in [6.07, 6.45) is 1.47. The van der Waals surface area contributed by atoms with Gasteiger partial charge in [0.15, 0.2) is 0 Å². The topological polar surface area (TPSA) is 46.2 Å². The number of nitrogens with one attached hydrogen (secondary N) is 1. The maximum absolute atomic E-state index is 12.5. The van der Waals surface area contributed by atoms with E-state index in [1.807, 2.05) is 19.1 Å². The molecule has 0 aliphatic carbocycles. The van der Waals surface area contributed by atoms with Crippen LogP contribution >= 0.6 is 11.6 Å². The number of benzene rings is 2. The summed E-state index contributed by atoms with van der Waals surface area (Å²) in [5.41, 5.74) is 3.27. The maximum atomic E-state index is 12.5. The van der Waals surface area contributed by atoms with Gasteiger partial charge >= 0.3 is 0 Å². The van der Waals surface area contributed by atoms with E-state index in [0.717, 1.165) is 17.5 Å². The van der Waals surface area contributed by atoms with Crippen molar-refractivity contribution in [1.29, 1.82) is 0 Å². The molecule has 0 radical (unpaired) electrons. The van der Waals surface area contributed by atoms with Crippen LogP contribution in [-0.4, -0.2) is 18.2 Å². The van der Waals surface area contributed by atoms with Gasteiger partial charge in [0.1, 0.15) is 5.78 Å². The number of ketones is 1. The highest BCUT2D eigenvalue weighted by molar-refractivity contribution is 6.30. The predicted octanol–water partition coefficient (Wildman–Crippen LogP) is 4.07. The Kier molecular flexibility index (Phi) is 5.54. The smallest absolute Gasteiger partial charge is 0.224 e. The Balaban J connectivity index is 1.72. The minimum Gasteiger partial charge on any atom is -0.356 e. The second-order valence-corrected chi connectivity index (χ2v) is 7.19. The van der Waals surface area contributed by atoms with Crippen molar-refractivity contribution in [2.45, 2.75) is 32.1 Å². The van der Waals surface area contributed by atoms with Gasteiger partial charge in [0, 0.05) is 24.4 Å². The summed E-state index contributed by atoms with van der Waals surface area (Å²) in [6.45, 7) is 2.71. The molecule has 4 heteroatoms. The van der Waals surface area contributed by atoms with Crippen LogP contribution in [0.25, 0.3) is 0 Å². The van der Waals surface area contributed by atoms with Crippen LogP contribution in [0, 0.1) is 12.8 Å². The molecular formula is C21H22ClNO2. The van der Waals surface area contributed by atoms with E-state index >= 15 is 0 Å². The molecule has 130 valence electrons. The first-order valence-corrected chi connectivity index (χ1v) is 9.01. The SMILES string of the molecule is Cc1ccc([C@@H]2CCNC(=O)C2CC(=O)Cc2ccc(Cl)cc2)cc1. The molecule has 0 saturated carbocycles. The molecule has 25 heavy (non-hydrogen) atoms. The molecule has 0 spiro atoms. The van der Waals surface area contributed by atoms with E-state index in [2.05, 4.69) is 29.6 Å². The Morgan fingerprint density at radius 2 is 1.80 bits per heavy atom. The van der Waals surface area contributed by atoms with Gasteiger partial charge in [-0.1, -0.05) is 53.6 Å². The minimum absolute atomic E-state index is 0.0127. The molecule has 1 N–H and O–H groups in total. The first kappa shape index (κ1) is 17.7. The number of hydrogen-bond acceptors (Lipinski definition) is 2. The van der Waals surface area contributed by atoms with Gasteiger partial charge in [0.25, 0.3) is 0 Å². The molecule has 1 aliphatic rings. The Bertz CT molecular complexity index is 752. The molecule has 0 bridgehead atoms. The number of Topliss-reactive ketones (excluding diaryl/α,β-unsaturated/α-hetero) is 1. The summed E-state index contributed by atoms with van der Waals surface area (Å²) in [6, 6.07) is 15.6. The van der Waals surface area contributed by atoms with Crippen LogP contribution in [0.3, 0.4) is 0 Å². The normalized spacial score (nSPS) is 20.2. The molecule has 1 fully saturated rings. The zero-order chi connectivity index (χ0) is 17.8. The molecular weight excluding hydrogens is 334 g/mol. The van der Waals surface area contributed by atoms with Gasteiger partial charge in [0.05, 0.1) is 5.92 Å². The third kappa shape index (κ3) is 4.49. The highest BCUT2D eigenvalue weighted by Crippen LogP contribution is 2.33. The summed E-state index contributed by atoms with van der Waals surface area (Å²) in [5.74, 6) is -0.123. The molecule has 1 aliphatic heterocycles. The molecule has 1 unspecified atom stereocenters. The lowest BCUT2D eigenvalue weighted by molar-refractivity contribution is -0.131. The van der Waals surface area contributed by atoms with Crippen molar-refractivity contribution in [3.05, 3.63) is 70.2 Å². The third-order valence-corrected chi connectivity index (χ3v) is 5.10. The lowest BCUT2D eigenvalue weighted by Gasteiger charge is -2.31. The largest absolute Gasteiger partial charge is 0.356 e. The van der Waals surface area contributed by atoms with E-state index in [1.165, 1.54) is 5.56 Å². The van der Waals surface area contributed by atoms with Gasteiger partial charge < -0.3 is 5.32 Å². The van der Waals surface area contributed by atoms with Crippen LogP contribution in [0.15, 0.2) is 48.5 Å². The highest BCUT2D eigenvalue weighted by atomic mass is 35.5. The summed E-state index contributed by atoms with van der Waals surface area (Å²) in [4.78, 5) is 24.9. The van der Waals surface area contributed by atoms with Crippen LogP contribution in [0.1, 0.15) is 35.4 Å². The third-order valence-electron chi connectivity index (χ3n) is 4.84. The Hall–Kier alpha value is -2.13. The molecule has 1 saturated heterocycles. The molecule has 2 atom stereocenters. The molecule has 3 rings (SSSR count). The minimum atomic E-state index is -0.295. The molecule has 0 aromatic heterocycles. The van der Waals surface area contributed by atoms with Gasteiger partial charge in [-0.2, -0.15) is 0 Å². The number of piperidine rings is 1. The average molecular weight is 356 g/mol. The Morgan fingerprint density at radius 3 is 2.48 bits per heavy atom. The fourth-order valence-electron chi connectivity index (χ4n) is 3.46. The van der Waals surface area contributed by atoms with Gasteiger partial charge in [-0.15, -0.1) is 0 Å². The Labute approximate surface area is 153 Å². The Morgan fingerprint density at radius 1 is 1.12 bits per heavy atom. The quantitative estimate of drug-likeness (QED) is 0.878. The number of carbonyl (C=O) groups excluding carboxylic acids is 2. The van der Waals surface area contributed by atoms with Crippen LogP contribution in [-0.2, 0) is 16.0 Å². The van der Waals surface area contributed by atoms with Crippen molar-refractivity contribution in [3.63, 3.8) is 0 Å². The van der Waals surface area contributed by atoms with Gasteiger partial charge in [0.2, 0.25) is 5.91 Å². The van der Waals surface area contributed by atoms with Crippen molar-refractivity contribution < 1.29 is 9.59 Å². The van der Waals surface area contributed by atoms with Crippen LogP contribution in [0.5, 0.6) is 0 Å². The number of aryl methyl sites for hydroxylation is 1. The molecule has 2 aromatic carbocycles. The predicted molar refractivity (Wildman–Crippen MR) is 99.8 cm³/mol. The number of amides is 1. The van der Waals surface area contributed by atoms with E-state index < -0.39 is 0 Å². The number of carbonyl (C=O) groups is 2. The van der Waals surface area contributed by atoms with Crippen molar-refractivity contribution >= 4 is 23.3 Å². The number of halogens is 1. The van der Waals surface area contributed by atoms with E-state index in [9.17, 15) is 9.59 Å². The van der Waals surface area contributed by atoms with Crippen molar-refractivity contribution in [2.75, 3.05) is 6.54 Å². The summed E-state index contributed by atoms with van der Waals surface area (Å²) in [5, 5.41) is 3.57. The highest BCUT2D eigenvalue weighted by Gasteiger charge is 2.34. The van der Waals surface area contributed by atoms with E-state index in [4.69, 9.17) is 11.6 Å².